The van der Waals surface area contributed by atoms with Gasteiger partial charge in [0.15, 0.2) is 0 Å². The van der Waals surface area contributed by atoms with Crippen molar-refractivity contribution in [1.29, 1.82) is 5.26 Å². The molecule has 0 spiro atoms. The summed E-state index contributed by atoms with van der Waals surface area (Å²) in [6.45, 7) is 8.92. The van der Waals surface area contributed by atoms with Crippen LogP contribution in [0.4, 0.5) is 0 Å². The van der Waals surface area contributed by atoms with E-state index in [0.717, 1.165) is 19.5 Å². The Morgan fingerprint density at radius 2 is 1.92 bits per heavy atom. The molecular formula is C11H20N2. The van der Waals surface area contributed by atoms with E-state index < -0.39 is 0 Å². The molecule has 0 aromatic carbocycles. The molecule has 0 aromatic rings. The monoisotopic (exact) mass is 180 g/mol. The van der Waals surface area contributed by atoms with Gasteiger partial charge in [0.05, 0.1) is 12.1 Å². The quantitative estimate of drug-likeness (QED) is 0.652. The Kier molecular flexibility index (Phi) is 3.33. The summed E-state index contributed by atoms with van der Waals surface area (Å²) < 4.78 is 0. The maximum atomic E-state index is 8.92. The lowest BCUT2D eigenvalue weighted by Crippen LogP contribution is -2.42. The van der Waals surface area contributed by atoms with E-state index in [1.54, 1.807) is 0 Å². The first-order valence-corrected chi connectivity index (χ1v) is 5.23. The molecule has 1 aliphatic rings. The predicted molar refractivity (Wildman–Crippen MR) is 54.3 cm³/mol. The lowest BCUT2D eigenvalue weighted by Gasteiger charge is -2.38. The first kappa shape index (κ1) is 10.5. The molecule has 1 unspecified atom stereocenters. The zero-order chi connectivity index (χ0) is 9.90. The van der Waals surface area contributed by atoms with Crippen molar-refractivity contribution in [3.05, 3.63) is 0 Å². The average Bonchev–Trinajstić information content (AvgIpc) is 2.09. The standard InChI is InChI=1S/C11H20N2/c1-4-10(9-12)13-7-5-11(2,3)6-8-13/h10H,4-8H2,1-3H3. The molecule has 1 heterocycles. The van der Waals surface area contributed by atoms with Gasteiger partial charge in [-0.3, -0.25) is 4.90 Å². The van der Waals surface area contributed by atoms with E-state index in [9.17, 15) is 0 Å². The topological polar surface area (TPSA) is 27.0 Å². The average molecular weight is 180 g/mol. The molecule has 0 aromatic heterocycles. The van der Waals surface area contributed by atoms with E-state index in [0.29, 0.717) is 5.41 Å². The summed E-state index contributed by atoms with van der Waals surface area (Å²) in [5, 5.41) is 8.92. The Hall–Kier alpha value is -0.550. The van der Waals surface area contributed by atoms with Crippen LogP contribution in [0.2, 0.25) is 0 Å². The fraction of sp³-hybridized carbons (Fsp3) is 0.909. The van der Waals surface area contributed by atoms with Gasteiger partial charge in [-0.05, 0) is 37.8 Å². The summed E-state index contributed by atoms with van der Waals surface area (Å²) in [5.74, 6) is 0. The van der Waals surface area contributed by atoms with Gasteiger partial charge in [0.2, 0.25) is 0 Å². The van der Waals surface area contributed by atoms with Gasteiger partial charge in [-0.15, -0.1) is 0 Å². The van der Waals surface area contributed by atoms with Gasteiger partial charge in [-0.25, -0.2) is 0 Å². The largest absolute Gasteiger partial charge is 0.288 e. The highest BCUT2D eigenvalue weighted by Gasteiger charge is 2.28. The van der Waals surface area contributed by atoms with Gasteiger partial charge < -0.3 is 0 Å². The van der Waals surface area contributed by atoms with Crippen LogP contribution in [-0.4, -0.2) is 24.0 Å². The second-order valence-corrected chi connectivity index (χ2v) is 4.75. The smallest absolute Gasteiger partial charge is 0.0975 e. The third kappa shape index (κ3) is 2.70. The van der Waals surface area contributed by atoms with Gasteiger partial charge in [0.25, 0.3) is 0 Å². The summed E-state index contributed by atoms with van der Waals surface area (Å²) in [4.78, 5) is 2.32. The molecule has 2 nitrogen and oxygen atoms in total. The van der Waals surface area contributed by atoms with Crippen LogP contribution in [-0.2, 0) is 0 Å². The fourth-order valence-corrected chi connectivity index (χ4v) is 1.87. The molecule has 0 amide bonds. The van der Waals surface area contributed by atoms with Crippen molar-refractivity contribution in [2.45, 2.75) is 46.1 Å². The van der Waals surface area contributed by atoms with Crippen molar-refractivity contribution >= 4 is 0 Å². The highest BCUT2D eigenvalue weighted by molar-refractivity contribution is 4.93. The minimum absolute atomic E-state index is 0.149. The number of piperidine rings is 1. The van der Waals surface area contributed by atoms with Crippen molar-refractivity contribution < 1.29 is 0 Å². The summed E-state index contributed by atoms with van der Waals surface area (Å²) in [5.41, 5.74) is 0.490. The van der Waals surface area contributed by atoms with Crippen molar-refractivity contribution in [2.24, 2.45) is 5.41 Å². The molecule has 0 bridgehead atoms. The third-order valence-corrected chi connectivity index (χ3v) is 3.13. The number of hydrogen-bond donors (Lipinski definition) is 0. The molecule has 0 radical (unpaired) electrons. The molecule has 2 heteroatoms. The van der Waals surface area contributed by atoms with E-state index in [4.69, 9.17) is 5.26 Å². The van der Waals surface area contributed by atoms with E-state index in [1.807, 2.05) is 0 Å². The molecule has 0 saturated carbocycles. The first-order chi connectivity index (χ1) is 6.09. The summed E-state index contributed by atoms with van der Waals surface area (Å²) >= 11 is 0. The van der Waals surface area contributed by atoms with Crippen LogP contribution >= 0.6 is 0 Å². The highest BCUT2D eigenvalue weighted by Crippen LogP contribution is 2.30. The zero-order valence-corrected chi connectivity index (χ0v) is 9.01. The Labute approximate surface area is 81.5 Å². The van der Waals surface area contributed by atoms with Crippen molar-refractivity contribution in [3.8, 4) is 6.07 Å². The first-order valence-electron chi connectivity index (χ1n) is 5.23. The van der Waals surface area contributed by atoms with Crippen molar-refractivity contribution in [2.75, 3.05) is 13.1 Å². The van der Waals surface area contributed by atoms with Crippen LogP contribution in [0.15, 0.2) is 0 Å². The van der Waals surface area contributed by atoms with Crippen molar-refractivity contribution in [3.63, 3.8) is 0 Å². The zero-order valence-electron chi connectivity index (χ0n) is 9.01. The van der Waals surface area contributed by atoms with Crippen LogP contribution < -0.4 is 0 Å². The number of rotatable bonds is 2. The SMILES string of the molecule is CCC(C#N)N1CCC(C)(C)CC1. The van der Waals surface area contributed by atoms with E-state index >= 15 is 0 Å². The summed E-state index contributed by atoms with van der Waals surface area (Å²) in [6.07, 6.45) is 3.41. The van der Waals surface area contributed by atoms with Crippen LogP contribution in [0.3, 0.4) is 0 Å². The number of nitriles is 1. The normalized spacial score (nSPS) is 25.1. The lowest BCUT2D eigenvalue weighted by molar-refractivity contribution is 0.111. The van der Waals surface area contributed by atoms with Crippen LogP contribution in [0.1, 0.15) is 40.0 Å². The Bertz CT molecular complexity index is 193. The van der Waals surface area contributed by atoms with Gasteiger partial charge in [0, 0.05) is 0 Å². The predicted octanol–water partition coefficient (Wildman–Crippen LogP) is 2.41. The molecular weight excluding hydrogens is 160 g/mol. The van der Waals surface area contributed by atoms with Gasteiger partial charge >= 0.3 is 0 Å². The Morgan fingerprint density at radius 3 is 2.31 bits per heavy atom. The molecule has 1 fully saturated rings. The van der Waals surface area contributed by atoms with Crippen molar-refractivity contribution in [1.82, 2.24) is 4.90 Å². The van der Waals surface area contributed by atoms with Gasteiger partial charge in [-0.1, -0.05) is 20.8 Å². The molecule has 1 rings (SSSR count). The van der Waals surface area contributed by atoms with Gasteiger partial charge in [-0.2, -0.15) is 5.26 Å². The molecule has 1 aliphatic heterocycles. The molecule has 74 valence electrons. The van der Waals surface area contributed by atoms with Gasteiger partial charge in [0.1, 0.15) is 0 Å². The minimum atomic E-state index is 0.149. The van der Waals surface area contributed by atoms with Crippen LogP contribution in [0.5, 0.6) is 0 Å². The second-order valence-electron chi connectivity index (χ2n) is 4.75. The van der Waals surface area contributed by atoms with E-state index in [1.165, 1.54) is 12.8 Å². The third-order valence-electron chi connectivity index (χ3n) is 3.13. The van der Waals surface area contributed by atoms with Crippen LogP contribution in [0.25, 0.3) is 0 Å². The number of hydrogen-bond acceptors (Lipinski definition) is 2. The second kappa shape index (κ2) is 4.11. The Morgan fingerprint density at radius 1 is 1.38 bits per heavy atom. The number of nitrogens with zero attached hydrogens (tertiary/aromatic N) is 2. The summed E-state index contributed by atoms with van der Waals surface area (Å²) in [7, 11) is 0. The Balaban J connectivity index is 2.45. The molecule has 0 N–H and O–H groups in total. The molecule has 1 saturated heterocycles. The fourth-order valence-electron chi connectivity index (χ4n) is 1.87. The van der Waals surface area contributed by atoms with E-state index in [-0.39, 0.29) is 6.04 Å². The number of likely N-dealkylation sites (tertiary alicyclic amines) is 1. The molecule has 1 atom stereocenters. The lowest BCUT2D eigenvalue weighted by atomic mass is 9.82. The van der Waals surface area contributed by atoms with E-state index in [2.05, 4.69) is 31.7 Å². The minimum Gasteiger partial charge on any atom is -0.288 e. The summed E-state index contributed by atoms with van der Waals surface area (Å²) in [6, 6.07) is 2.52. The van der Waals surface area contributed by atoms with Crippen LogP contribution in [0, 0.1) is 16.7 Å². The molecule has 0 aliphatic carbocycles. The maximum Gasteiger partial charge on any atom is 0.0975 e. The highest BCUT2D eigenvalue weighted by atomic mass is 15.2. The molecule has 13 heavy (non-hydrogen) atoms. The maximum absolute atomic E-state index is 8.92.